The minimum Gasteiger partial charge on any atom is -0.481 e. The Labute approximate surface area is 206 Å². The van der Waals surface area contributed by atoms with E-state index in [4.69, 9.17) is 0 Å². The molecular weight excluding hydrogens is 424 g/mol. The Morgan fingerprint density at radius 2 is 1.68 bits per heavy atom. The van der Waals surface area contributed by atoms with Crippen molar-refractivity contribution in [3.8, 4) is 0 Å². The van der Waals surface area contributed by atoms with Crippen LogP contribution in [0, 0.1) is 39.4 Å². The Kier molecular flexibility index (Phi) is 6.47. The zero-order valence-corrected chi connectivity index (χ0v) is 22.4. The van der Waals surface area contributed by atoms with Gasteiger partial charge < -0.3 is 15.3 Å². The molecule has 0 spiro atoms. The van der Waals surface area contributed by atoms with Gasteiger partial charge >= 0.3 is 5.97 Å². The number of hydrogen-bond acceptors (Lipinski definition) is 3. The summed E-state index contributed by atoms with van der Waals surface area (Å²) in [6, 6.07) is 0. The van der Waals surface area contributed by atoms with E-state index < -0.39 is 18.0 Å². The molecule has 0 amide bonds. The second-order valence-electron chi connectivity index (χ2n) is 13.6. The lowest BCUT2D eigenvalue weighted by molar-refractivity contribution is -0.147. The maximum Gasteiger partial charge on any atom is 0.306 e. The summed E-state index contributed by atoms with van der Waals surface area (Å²) in [7, 11) is 0. The Morgan fingerprint density at radius 3 is 2.29 bits per heavy atom. The predicted octanol–water partition coefficient (Wildman–Crippen LogP) is 6.51. The summed E-state index contributed by atoms with van der Waals surface area (Å²) in [4.78, 5) is 12.5. The number of aliphatic hydroxyl groups is 2. The van der Waals surface area contributed by atoms with Crippen LogP contribution in [0.3, 0.4) is 0 Å². The molecule has 4 aliphatic carbocycles. The van der Waals surface area contributed by atoms with Crippen LogP contribution < -0.4 is 0 Å². The van der Waals surface area contributed by atoms with Crippen LogP contribution in [0.5, 0.6) is 0 Å². The van der Waals surface area contributed by atoms with Gasteiger partial charge in [-0.25, -0.2) is 0 Å². The molecular formula is C30H48O4. The third-order valence-corrected chi connectivity index (χ3v) is 11.9. The Hall–Kier alpha value is -1.13. The highest BCUT2D eigenvalue weighted by Crippen LogP contribution is 2.72. The van der Waals surface area contributed by atoms with Crippen molar-refractivity contribution in [2.24, 2.45) is 39.4 Å². The van der Waals surface area contributed by atoms with Crippen molar-refractivity contribution in [1.29, 1.82) is 0 Å². The van der Waals surface area contributed by atoms with E-state index >= 15 is 0 Å². The number of fused-ring (bicyclic) bond motifs is 4. The van der Waals surface area contributed by atoms with Crippen LogP contribution in [0.2, 0.25) is 0 Å². The smallest absolute Gasteiger partial charge is 0.306 e. The van der Waals surface area contributed by atoms with E-state index in [9.17, 15) is 20.1 Å². The van der Waals surface area contributed by atoms with Gasteiger partial charge in [-0.3, -0.25) is 4.79 Å². The molecule has 34 heavy (non-hydrogen) atoms. The number of aliphatic hydroxyl groups excluding tert-OH is 2. The summed E-state index contributed by atoms with van der Waals surface area (Å²) in [5, 5.41) is 31.3. The molecule has 0 saturated heterocycles. The standard InChI is InChI=1S/C30H48O4/c1-18(2)23(31)10-8-19(26(33)34)20-12-16-30(7)22-9-11-24-27(3,4)25(32)14-15-28(24,5)21(22)13-17-29(20,30)6/h19-20,23-25,31-32H,1,8-17H2,2-7H3,(H,33,34)/t19-,20-,23-,24?,25+,28-,29-,30+/m1/s1. The van der Waals surface area contributed by atoms with Gasteiger partial charge in [-0.05, 0) is 105 Å². The highest BCUT2D eigenvalue weighted by molar-refractivity contribution is 5.70. The molecule has 0 aromatic rings. The van der Waals surface area contributed by atoms with E-state index in [1.165, 1.54) is 0 Å². The molecule has 8 atom stereocenters. The summed E-state index contributed by atoms with van der Waals surface area (Å²) in [5.74, 6) is -0.485. The molecule has 1 unspecified atom stereocenters. The second kappa shape index (κ2) is 8.47. The molecule has 0 aromatic heterocycles. The lowest BCUT2D eigenvalue weighted by Gasteiger charge is -2.62. The fraction of sp³-hybridized carbons (Fsp3) is 0.833. The van der Waals surface area contributed by atoms with Gasteiger partial charge in [-0.15, -0.1) is 0 Å². The molecule has 4 aliphatic rings. The quantitative estimate of drug-likeness (QED) is 0.385. The summed E-state index contributed by atoms with van der Waals surface area (Å²) in [6.45, 7) is 17.5. The van der Waals surface area contributed by atoms with Crippen LogP contribution in [-0.2, 0) is 4.79 Å². The van der Waals surface area contributed by atoms with Crippen molar-refractivity contribution in [3.05, 3.63) is 23.3 Å². The minimum atomic E-state index is -0.706. The van der Waals surface area contributed by atoms with E-state index in [2.05, 4.69) is 41.2 Å². The average molecular weight is 473 g/mol. The molecule has 0 bridgehead atoms. The van der Waals surface area contributed by atoms with Gasteiger partial charge in [0.25, 0.3) is 0 Å². The summed E-state index contributed by atoms with van der Waals surface area (Å²) < 4.78 is 0. The van der Waals surface area contributed by atoms with Crippen LogP contribution in [0.25, 0.3) is 0 Å². The highest BCUT2D eigenvalue weighted by atomic mass is 16.4. The molecule has 2 saturated carbocycles. The largest absolute Gasteiger partial charge is 0.481 e. The first kappa shape index (κ1) is 25.9. The maximum atomic E-state index is 12.5. The number of allylic oxidation sites excluding steroid dienone is 2. The van der Waals surface area contributed by atoms with Crippen LogP contribution >= 0.6 is 0 Å². The highest BCUT2D eigenvalue weighted by Gasteiger charge is 2.64. The normalized spacial score (nSPS) is 42.9. The van der Waals surface area contributed by atoms with Crippen molar-refractivity contribution in [3.63, 3.8) is 0 Å². The number of carboxylic acids is 1. The van der Waals surface area contributed by atoms with Crippen molar-refractivity contribution in [2.45, 2.75) is 118 Å². The van der Waals surface area contributed by atoms with Crippen molar-refractivity contribution in [1.82, 2.24) is 0 Å². The Morgan fingerprint density at radius 1 is 1.00 bits per heavy atom. The average Bonchev–Trinajstić information content (AvgIpc) is 3.02. The summed E-state index contributed by atoms with van der Waals surface area (Å²) in [5.41, 5.74) is 4.11. The van der Waals surface area contributed by atoms with E-state index in [1.807, 2.05) is 6.92 Å². The molecule has 3 N–H and O–H groups in total. The number of carbonyl (C=O) groups is 1. The van der Waals surface area contributed by atoms with Gasteiger partial charge in [-0.1, -0.05) is 57.9 Å². The zero-order valence-electron chi connectivity index (χ0n) is 22.4. The molecule has 2 fully saturated rings. The van der Waals surface area contributed by atoms with Gasteiger partial charge in [-0.2, -0.15) is 0 Å². The second-order valence-corrected chi connectivity index (χ2v) is 13.6. The van der Waals surface area contributed by atoms with Crippen LogP contribution in [0.4, 0.5) is 0 Å². The van der Waals surface area contributed by atoms with Gasteiger partial charge in [0.05, 0.1) is 18.1 Å². The third-order valence-electron chi connectivity index (χ3n) is 11.9. The molecule has 0 radical (unpaired) electrons. The van der Waals surface area contributed by atoms with Crippen molar-refractivity contribution < 1.29 is 20.1 Å². The number of hydrogen-bond donors (Lipinski definition) is 3. The topological polar surface area (TPSA) is 77.8 Å². The van der Waals surface area contributed by atoms with Crippen molar-refractivity contribution >= 4 is 5.97 Å². The molecule has 4 heteroatoms. The van der Waals surface area contributed by atoms with Gasteiger partial charge in [0.1, 0.15) is 0 Å². The van der Waals surface area contributed by atoms with Gasteiger partial charge in [0.15, 0.2) is 0 Å². The zero-order chi connectivity index (χ0) is 25.3. The maximum absolute atomic E-state index is 12.5. The lowest BCUT2D eigenvalue weighted by atomic mass is 9.43. The SMILES string of the molecule is C=C(C)[C@H](O)CC[C@@H](C(=O)O)[C@H]1CC[C@@]2(C)C3=C(CC[C@]12C)[C@@]1(C)CC[C@H](O)C(C)(C)C1CC3. The summed E-state index contributed by atoms with van der Waals surface area (Å²) >= 11 is 0. The van der Waals surface area contributed by atoms with Gasteiger partial charge in [0, 0.05) is 0 Å². The Balaban J connectivity index is 1.67. The fourth-order valence-corrected chi connectivity index (χ4v) is 9.44. The van der Waals surface area contributed by atoms with Crippen LogP contribution in [0.15, 0.2) is 23.3 Å². The third kappa shape index (κ3) is 3.57. The molecule has 0 aromatic carbocycles. The molecule has 4 rings (SSSR count). The van der Waals surface area contributed by atoms with E-state index in [0.29, 0.717) is 24.3 Å². The molecule has 0 heterocycles. The monoisotopic (exact) mass is 472 g/mol. The van der Waals surface area contributed by atoms with Gasteiger partial charge in [0.2, 0.25) is 0 Å². The lowest BCUT2D eigenvalue weighted by Crippen LogP contribution is -2.55. The first-order chi connectivity index (χ1) is 15.7. The number of aliphatic carboxylic acids is 1. The first-order valence-electron chi connectivity index (χ1n) is 13.7. The van der Waals surface area contributed by atoms with E-state index in [1.54, 1.807) is 11.1 Å². The predicted molar refractivity (Wildman–Crippen MR) is 136 cm³/mol. The first-order valence-corrected chi connectivity index (χ1v) is 13.7. The van der Waals surface area contributed by atoms with Crippen LogP contribution in [0.1, 0.15) is 106 Å². The fourth-order valence-electron chi connectivity index (χ4n) is 9.44. The molecule has 0 aliphatic heterocycles. The molecule has 192 valence electrons. The van der Waals surface area contributed by atoms with E-state index in [-0.39, 0.29) is 33.7 Å². The molecule has 4 nitrogen and oxygen atoms in total. The number of carboxylic acid groups (broad SMARTS) is 1. The minimum absolute atomic E-state index is 0.0318. The van der Waals surface area contributed by atoms with E-state index in [0.717, 1.165) is 51.4 Å². The Bertz CT molecular complexity index is 886. The van der Waals surface area contributed by atoms with Crippen molar-refractivity contribution in [2.75, 3.05) is 0 Å². The number of rotatable bonds is 6. The van der Waals surface area contributed by atoms with Crippen LogP contribution in [-0.4, -0.2) is 33.5 Å². The summed E-state index contributed by atoms with van der Waals surface area (Å²) in [6.07, 6.45) is 8.43.